The van der Waals surface area contributed by atoms with E-state index < -0.39 is 22.0 Å². The van der Waals surface area contributed by atoms with Gasteiger partial charge in [0.05, 0.1) is 38.9 Å². The van der Waals surface area contributed by atoms with Crippen LogP contribution < -0.4 is 9.47 Å². The molecule has 2 atom stereocenters. The van der Waals surface area contributed by atoms with Crippen molar-refractivity contribution in [1.29, 1.82) is 0 Å². The standard InChI is InChI=1S/C22H26Cl3NO7S/c23-11-15(27)13-33-22-20(24)9-19(10-21(22)25)34(29,30)18-3-1-17(2-4-18)32-14-16(28)12-26-5-7-31-8-6-26/h1-4,9-10,15-16,27-28H,5-8,11-14H2/t15-,16-/m0/s1. The Balaban J connectivity index is 1.63. The van der Waals surface area contributed by atoms with E-state index in [0.717, 1.165) is 13.1 Å². The normalized spacial score (nSPS) is 16.7. The van der Waals surface area contributed by atoms with Crippen LogP contribution in [0.1, 0.15) is 0 Å². The van der Waals surface area contributed by atoms with Crippen LogP contribution in [0.25, 0.3) is 0 Å². The van der Waals surface area contributed by atoms with E-state index in [9.17, 15) is 18.6 Å². The molecule has 0 unspecified atom stereocenters. The lowest BCUT2D eigenvalue weighted by Crippen LogP contribution is -2.42. The lowest BCUT2D eigenvalue weighted by atomic mass is 10.3. The third kappa shape index (κ3) is 7.35. The summed E-state index contributed by atoms with van der Waals surface area (Å²) in [7, 11) is -3.92. The van der Waals surface area contributed by atoms with Crippen LogP contribution in [0, 0.1) is 0 Å². The summed E-state index contributed by atoms with van der Waals surface area (Å²) < 4.78 is 42.3. The zero-order valence-corrected chi connectivity index (χ0v) is 21.3. The van der Waals surface area contributed by atoms with Gasteiger partial charge in [-0.3, -0.25) is 4.90 Å². The van der Waals surface area contributed by atoms with Crippen molar-refractivity contribution >= 4 is 44.6 Å². The maximum absolute atomic E-state index is 13.0. The van der Waals surface area contributed by atoms with E-state index in [1.165, 1.54) is 36.4 Å². The second-order valence-electron chi connectivity index (χ2n) is 7.69. The Bertz CT molecular complexity index is 1020. The minimum atomic E-state index is -3.92. The molecule has 1 fully saturated rings. The monoisotopic (exact) mass is 553 g/mol. The number of alkyl halides is 1. The highest BCUT2D eigenvalue weighted by Crippen LogP contribution is 2.37. The van der Waals surface area contributed by atoms with Gasteiger partial charge in [0.25, 0.3) is 0 Å². The maximum Gasteiger partial charge on any atom is 0.206 e. The molecule has 1 aliphatic heterocycles. The van der Waals surface area contributed by atoms with Gasteiger partial charge in [0.1, 0.15) is 31.2 Å². The van der Waals surface area contributed by atoms with Crippen molar-refractivity contribution in [3.05, 3.63) is 46.4 Å². The van der Waals surface area contributed by atoms with E-state index >= 15 is 0 Å². The molecule has 0 spiro atoms. The topological polar surface area (TPSA) is 106 Å². The number of rotatable bonds is 11. The summed E-state index contributed by atoms with van der Waals surface area (Å²) in [6.45, 7) is 3.23. The summed E-state index contributed by atoms with van der Waals surface area (Å²) >= 11 is 17.9. The number of ether oxygens (including phenoxy) is 3. The van der Waals surface area contributed by atoms with Gasteiger partial charge >= 0.3 is 0 Å². The van der Waals surface area contributed by atoms with E-state index in [4.69, 9.17) is 49.0 Å². The fourth-order valence-corrected chi connectivity index (χ4v) is 5.36. The molecule has 0 aromatic heterocycles. The fourth-order valence-electron chi connectivity index (χ4n) is 3.23. The van der Waals surface area contributed by atoms with Gasteiger partial charge in [0, 0.05) is 19.6 Å². The zero-order valence-electron chi connectivity index (χ0n) is 18.2. The van der Waals surface area contributed by atoms with Gasteiger partial charge in [0.15, 0.2) is 5.75 Å². The summed E-state index contributed by atoms with van der Waals surface area (Å²) in [6, 6.07) is 8.31. The predicted molar refractivity (Wildman–Crippen MR) is 129 cm³/mol. The molecule has 0 aliphatic carbocycles. The molecule has 1 saturated heterocycles. The Hall–Kier alpha value is -1.30. The molecule has 12 heteroatoms. The molecule has 0 saturated carbocycles. The Morgan fingerprint density at radius 1 is 0.941 bits per heavy atom. The Labute approximate surface area is 213 Å². The summed E-state index contributed by atoms with van der Waals surface area (Å²) in [5, 5.41) is 19.7. The molecule has 2 aromatic rings. The highest BCUT2D eigenvalue weighted by atomic mass is 35.5. The number of aliphatic hydroxyl groups excluding tert-OH is 2. The van der Waals surface area contributed by atoms with Gasteiger partial charge < -0.3 is 24.4 Å². The first kappa shape index (κ1) is 27.3. The number of aliphatic hydroxyl groups is 2. The molecule has 1 heterocycles. The summed E-state index contributed by atoms with van der Waals surface area (Å²) in [5.74, 6) is 0.456. The summed E-state index contributed by atoms with van der Waals surface area (Å²) in [6.07, 6.45) is -1.60. The van der Waals surface area contributed by atoms with E-state index in [0.29, 0.717) is 25.5 Å². The summed E-state index contributed by atoms with van der Waals surface area (Å²) in [5.41, 5.74) is 0. The maximum atomic E-state index is 13.0. The Morgan fingerprint density at radius 2 is 1.53 bits per heavy atom. The average Bonchev–Trinajstić information content (AvgIpc) is 2.82. The highest BCUT2D eigenvalue weighted by molar-refractivity contribution is 7.91. The van der Waals surface area contributed by atoms with Crippen molar-refractivity contribution in [1.82, 2.24) is 4.90 Å². The second-order valence-corrected chi connectivity index (χ2v) is 10.8. The fraction of sp³-hybridized carbons (Fsp3) is 0.455. The quantitative estimate of drug-likeness (QED) is 0.409. The van der Waals surface area contributed by atoms with Crippen LogP contribution in [-0.2, 0) is 14.6 Å². The number of halogens is 3. The summed E-state index contributed by atoms with van der Waals surface area (Å²) in [4.78, 5) is 2.01. The third-order valence-corrected chi connectivity index (χ3v) is 7.70. The number of benzene rings is 2. The number of hydrogen-bond donors (Lipinski definition) is 2. The average molecular weight is 555 g/mol. The van der Waals surface area contributed by atoms with Crippen molar-refractivity contribution in [2.45, 2.75) is 22.0 Å². The minimum absolute atomic E-state index is 0.0120. The van der Waals surface area contributed by atoms with Crippen LogP contribution in [0.2, 0.25) is 10.0 Å². The molecule has 1 aliphatic rings. The second kappa shape index (κ2) is 12.6. The molecule has 188 valence electrons. The van der Waals surface area contributed by atoms with Crippen LogP contribution in [0.5, 0.6) is 11.5 Å². The van der Waals surface area contributed by atoms with Crippen LogP contribution in [0.4, 0.5) is 0 Å². The number of morpholine rings is 1. The number of β-amino-alcohol motifs (C(OH)–C–C–N with tert-alkyl or cyclic N) is 1. The van der Waals surface area contributed by atoms with Crippen molar-refractivity contribution in [3.8, 4) is 11.5 Å². The predicted octanol–water partition coefficient (Wildman–Crippen LogP) is 2.88. The van der Waals surface area contributed by atoms with Crippen LogP contribution >= 0.6 is 34.8 Å². The Kier molecular flexibility index (Phi) is 10.1. The van der Waals surface area contributed by atoms with Gasteiger partial charge in [-0.25, -0.2) is 8.42 Å². The molecular weight excluding hydrogens is 529 g/mol. The van der Waals surface area contributed by atoms with E-state index in [2.05, 4.69) is 4.90 Å². The minimum Gasteiger partial charge on any atom is -0.491 e. The smallest absolute Gasteiger partial charge is 0.206 e. The van der Waals surface area contributed by atoms with Gasteiger partial charge in [-0.15, -0.1) is 11.6 Å². The van der Waals surface area contributed by atoms with Gasteiger partial charge in [0.2, 0.25) is 9.84 Å². The third-order valence-electron chi connectivity index (χ3n) is 5.03. The molecule has 2 N–H and O–H groups in total. The van der Waals surface area contributed by atoms with Crippen LogP contribution in [0.3, 0.4) is 0 Å². The lowest BCUT2D eigenvalue weighted by Gasteiger charge is -2.28. The first-order valence-electron chi connectivity index (χ1n) is 10.5. The van der Waals surface area contributed by atoms with Gasteiger partial charge in [-0.05, 0) is 36.4 Å². The molecular formula is C22H26Cl3NO7S. The SMILES string of the molecule is O=S(=O)(c1ccc(OC[C@@H](O)CN2CCOCC2)cc1)c1cc(Cl)c(OC[C@@H](O)CCl)c(Cl)c1. The van der Waals surface area contributed by atoms with Crippen molar-refractivity contribution < 1.29 is 32.8 Å². The van der Waals surface area contributed by atoms with Crippen LogP contribution in [-0.4, -0.2) is 87.7 Å². The number of sulfone groups is 1. The van der Waals surface area contributed by atoms with Gasteiger partial charge in [-0.2, -0.15) is 0 Å². The van der Waals surface area contributed by atoms with E-state index in [1.807, 2.05) is 0 Å². The molecule has 2 aromatic carbocycles. The Morgan fingerprint density at radius 3 is 2.12 bits per heavy atom. The molecule has 3 rings (SSSR count). The van der Waals surface area contributed by atoms with Crippen molar-refractivity contribution in [2.75, 3.05) is 51.9 Å². The van der Waals surface area contributed by atoms with E-state index in [-0.39, 0.29) is 44.7 Å². The zero-order chi connectivity index (χ0) is 24.7. The number of nitrogens with zero attached hydrogens (tertiary/aromatic N) is 1. The van der Waals surface area contributed by atoms with Crippen molar-refractivity contribution in [2.24, 2.45) is 0 Å². The molecule has 34 heavy (non-hydrogen) atoms. The number of hydrogen-bond acceptors (Lipinski definition) is 8. The van der Waals surface area contributed by atoms with Crippen LogP contribution in [0.15, 0.2) is 46.2 Å². The van der Waals surface area contributed by atoms with Crippen molar-refractivity contribution in [3.63, 3.8) is 0 Å². The molecule has 0 amide bonds. The molecule has 8 nitrogen and oxygen atoms in total. The first-order valence-corrected chi connectivity index (χ1v) is 13.3. The van der Waals surface area contributed by atoms with E-state index in [1.54, 1.807) is 0 Å². The first-order chi connectivity index (χ1) is 16.2. The molecule has 0 radical (unpaired) electrons. The molecule has 0 bridgehead atoms. The van der Waals surface area contributed by atoms with Gasteiger partial charge in [-0.1, -0.05) is 23.2 Å². The highest BCUT2D eigenvalue weighted by Gasteiger charge is 2.22. The lowest BCUT2D eigenvalue weighted by molar-refractivity contribution is 0.00465. The largest absolute Gasteiger partial charge is 0.491 e.